The summed E-state index contributed by atoms with van der Waals surface area (Å²) in [6.45, 7) is 4.72. The van der Waals surface area contributed by atoms with E-state index < -0.39 is 0 Å². The van der Waals surface area contributed by atoms with Crippen molar-refractivity contribution in [3.05, 3.63) is 71.0 Å². The average Bonchev–Trinajstić information content (AvgIpc) is 3.29. The van der Waals surface area contributed by atoms with Gasteiger partial charge in [-0.2, -0.15) is 4.98 Å². The lowest BCUT2D eigenvalue weighted by atomic mass is 10.1. The second-order valence-electron chi connectivity index (χ2n) is 7.27. The fourth-order valence-electron chi connectivity index (χ4n) is 3.43. The number of morpholine rings is 1. The van der Waals surface area contributed by atoms with Gasteiger partial charge in [-0.1, -0.05) is 41.9 Å². The number of nitrogens with zero attached hydrogens (tertiary/aromatic N) is 3. The highest BCUT2D eigenvalue weighted by atomic mass is 35.5. The first-order valence-electron chi connectivity index (χ1n) is 10.3. The van der Waals surface area contributed by atoms with Gasteiger partial charge in [-0.05, 0) is 42.8 Å². The quantitative estimate of drug-likeness (QED) is 0.453. The Morgan fingerprint density at radius 3 is 2.60 bits per heavy atom. The Bertz CT molecular complexity index is 896. The molecule has 0 amide bonds. The Morgan fingerprint density at radius 2 is 1.83 bits per heavy atom. The Hall–Kier alpha value is -2.61. The van der Waals surface area contributed by atoms with Crippen molar-refractivity contribution in [3.63, 3.8) is 0 Å². The van der Waals surface area contributed by atoms with Gasteiger partial charge in [-0.3, -0.25) is 5.10 Å². The van der Waals surface area contributed by atoms with E-state index >= 15 is 0 Å². The maximum atomic E-state index is 6.03. The summed E-state index contributed by atoms with van der Waals surface area (Å²) in [7, 11) is 0. The summed E-state index contributed by atoms with van der Waals surface area (Å²) in [5.41, 5.74) is 2.27. The van der Waals surface area contributed by atoms with Crippen molar-refractivity contribution in [2.45, 2.75) is 19.0 Å². The Kier molecular flexibility index (Phi) is 7.18. The van der Waals surface area contributed by atoms with E-state index in [-0.39, 0.29) is 6.04 Å². The van der Waals surface area contributed by atoms with E-state index in [0.29, 0.717) is 13.2 Å². The van der Waals surface area contributed by atoms with Gasteiger partial charge in [0.25, 0.3) is 0 Å². The van der Waals surface area contributed by atoms with Crippen LogP contribution in [0.5, 0.6) is 0 Å². The zero-order valence-electron chi connectivity index (χ0n) is 16.9. The van der Waals surface area contributed by atoms with Gasteiger partial charge in [0.1, 0.15) is 5.82 Å². The first kappa shape index (κ1) is 20.7. The molecule has 0 spiro atoms. The Morgan fingerprint density at radius 1 is 1.07 bits per heavy atom. The van der Waals surface area contributed by atoms with Crippen molar-refractivity contribution in [3.8, 4) is 0 Å². The van der Waals surface area contributed by atoms with E-state index in [1.54, 1.807) is 0 Å². The normalized spacial score (nSPS) is 15.2. The number of anilines is 2. The third kappa shape index (κ3) is 5.72. The number of hydrogen-bond donors (Lipinski definition) is 3. The molecular weight excluding hydrogens is 400 g/mol. The molecule has 3 aromatic rings. The fourth-order valence-corrected chi connectivity index (χ4v) is 3.55. The summed E-state index contributed by atoms with van der Waals surface area (Å²) in [6.07, 6.45) is 0.854. The lowest BCUT2D eigenvalue weighted by Crippen LogP contribution is -2.36. The summed E-state index contributed by atoms with van der Waals surface area (Å²) < 4.78 is 5.43. The summed E-state index contributed by atoms with van der Waals surface area (Å²) in [4.78, 5) is 6.92. The number of nitrogens with one attached hydrogen (secondary N) is 3. The summed E-state index contributed by atoms with van der Waals surface area (Å²) >= 11 is 6.03. The van der Waals surface area contributed by atoms with E-state index in [1.807, 2.05) is 30.3 Å². The molecule has 3 N–H and O–H groups in total. The van der Waals surface area contributed by atoms with Crippen LogP contribution in [0.15, 0.2) is 54.6 Å². The second kappa shape index (κ2) is 10.4. The lowest BCUT2D eigenvalue weighted by molar-refractivity contribution is 0.122. The van der Waals surface area contributed by atoms with Crippen LogP contribution < -0.4 is 15.5 Å². The molecular formula is C22H27ClN6O. The summed E-state index contributed by atoms with van der Waals surface area (Å²) in [6, 6.07) is 18.1. The zero-order chi connectivity index (χ0) is 20.6. The van der Waals surface area contributed by atoms with E-state index in [0.717, 1.165) is 55.1 Å². The molecule has 4 rings (SSSR count). The van der Waals surface area contributed by atoms with Crippen LogP contribution in [-0.2, 0) is 11.3 Å². The zero-order valence-corrected chi connectivity index (χ0v) is 17.6. The van der Waals surface area contributed by atoms with Gasteiger partial charge in [0.05, 0.1) is 19.3 Å². The molecule has 1 aromatic heterocycles. The monoisotopic (exact) mass is 426 g/mol. The molecule has 0 radical (unpaired) electrons. The summed E-state index contributed by atoms with van der Waals surface area (Å²) in [5.74, 6) is 1.56. The van der Waals surface area contributed by atoms with Crippen molar-refractivity contribution in [1.29, 1.82) is 0 Å². The Labute approximate surface area is 181 Å². The van der Waals surface area contributed by atoms with Crippen LogP contribution in [0.25, 0.3) is 0 Å². The number of H-pyrrole nitrogens is 1. The van der Waals surface area contributed by atoms with Gasteiger partial charge in [0.2, 0.25) is 5.95 Å². The molecule has 1 atom stereocenters. The molecule has 0 saturated carbocycles. The highest BCUT2D eigenvalue weighted by Gasteiger charge is 2.20. The predicted octanol–water partition coefficient (Wildman–Crippen LogP) is 3.63. The van der Waals surface area contributed by atoms with Gasteiger partial charge in [-0.15, -0.1) is 5.10 Å². The minimum atomic E-state index is -0.00302. The third-order valence-corrected chi connectivity index (χ3v) is 5.33. The number of halogens is 1. The molecule has 158 valence electrons. The van der Waals surface area contributed by atoms with Crippen LogP contribution in [0.1, 0.15) is 23.9 Å². The van der Waals surface area contributed by atoms with E-state index in [2.05, 4.69) is 50.0 Å². The number of aromatic nitrogens is 3. The van der Waals surface area contributed by atoms with Gasteiger partial charge < -0.3 is 20.3 Å². The molecule has 1 fully saturated rings. The van der Waals surface area contributed by atoms with Crippen LogP contribution in [0, 0.1) is 0 Å². The van der Waals surface area contributed by atoms with Crippen molar-refractivity contribution in [1.82, 2.24) is 20.5 Å². The SMILES string of the molecule is Clc1ccc(NC(CCNCc2ccccc2)c2nc(N3CCOCC3)n[nH]2)cc1. The van der Waals surface area contributed by atoms with Crippen molar-refractivity contribution in [2.75, 3.05) is 43.1 Å². The minimum Gasteiger partial charge on any atom is -0.378 e. The second-order valence-corrected chi connectivity index (χ2v) is 7.71. The smallest absolute Gasteiger partial charge is 0.244 e. The first-order chi connectivity index (χ1) is 14.8. The lowest BCUT2D eigenvalue weighted by Gasteiger charge is -2.25. The molecule has 2 heterocycles. The molecule has 1 saturated heterocycles. The van der Waals surface area contributed by atoms with Crippen LogP contribution in [0.3, 0.4) is 0 Å². The number of ether oxygens (including phenoxy) is 1. The van der Waals surface area contributed by atoms with Crippen LogP contribution in [0.2, 0.25) is 5.02 Å². The van der Waals surface area contributed by atoms with Gasteiger partial charge in [-0.25, -0.2) is 0 Å². The van der Waals surface area contributed by atoms with E-state index in [1.165, 1.54) is 5.56 Å². The molecule has 30 heavy (non-hydrogen) atoms. The largest absolute Gasteiger partial charge is 0.378 e. The first-order valence-corrected chi connectivity index (χ1v) is 10.7. The molecule has 1 unspecified atom stereocenters. The standard InChI is InChI=1S/C22H27ClN6O/c23-18-6-8-19(9-7-18)25-20(10-11-24-16-17-4-2-1-3-5-17)21-26-22(28-27-21)29-12-14-30-15-13-29/h1-9,20,24-25H,10-16H2,(H,26,27,28). The molecule has 1 aliphatic rings. The maximum Gasteiger partial charge on any atom is 0.244 e. The van der Waals surface area contributed by atoms with Crippen LogP contribution in [0.4, 0.5) is 11.6 Å². The molecule has 0 aliphatic carbocycles. The number of rotatable bonds is 9. The molecule has 7 nitrogen and oxygen atoms in total. The number of benzene rings is 2. The number of aromatic amines is 1. The number of hydrogen-bond acceptors (Lipinski definition) is 6. The maximum absolute atomic E-state index is 6.03. The topological polar surface area (TPSA) is 78.1 Å². The fraction of sp³-hybridized carbons (Fsp3) is 0.364. The molecule has 2 aromatic carbocycles. The van der Waals surface area contributed by atoms with E-state index in [9.17, 15) is 0 Å². The minimum absolute atomic E-state index is 0.00302. The van der Waals surface area contributed by atoms with Crippen molar-refractivity contribution < 1.29 is 4.74 Å². The van der Waals surface area contributed by atoms with Gasteiger partial charge in [0, 0.05) is 30.3 Å². The predicted molar refractivity (Wildman–Crippen MR) is 120 cm³/mol. The highest BCUT2D eigenvalue weighted by Crippen LogP contribution is 2.23. The van der Waals surface area contributed by atoms with Crippen molar-refractivity contribution >= 4 is 23.2 Å². The molecule has 8 heteroatoms. The highest BCUT2D eigenvalue weighted by molar-refractivity contribution is 6.30. The van der Waals surface area contributed by atoms with Crippen LogP contribution in [-0.4, -0.2) is 48.0 Å². The summed E-state index contributed by atoms with van der Waals surface area (Å²) in [5, 5.41) is 15.4. The third-order valence-electron chi connectivity index (χ3n) is 5.08. The van der Waals surface area contributed by atoms with Crippen LogP contribution >= 0.6 is 11.6 Å². The van der Waals surface area contributed by atoms with Gasteiger partial charge >= 0.3 is 0 Å². The van der Waals surface area contributed by atoms with E-state index in [4.69, 9.17) is 21.3 Å². The average molecular weight is 427 g/mol. The molecule has 0 bridgehead atoms. The molecule has 1 aliphatic heterocycles. The van der Waals surface area contributed by atoms with Gasteiger partial charge in [0.15, 0.2) is 0 Å². The Balaban J connectivity index is 1.41. The van der Waals surface area contributed by atoms with Crippen molar-refractivity contribution in [2.24, 2.45) is 0 Å².